The molecule has 6 heteroatoms. The molecule has 0 radical (unpaired) electrons. The van der Waals surface area contributed by atoms with Crippen molar-refractivity contribution in [2.45, 2.75) is 40.2 Å². The molecule has 0 aromatic heterocycles. The molecule has 0 unspecified atom stereocenters. The Morgan fingerprint density at radius 1 is 1.22 bits per heavy atom. The van der Waals surface area contributed by atoms with Gasteiger partial charge in [-0.15, -0.1) is 0 Å². The largest absolute Gasteiger partial charge is 0.367 e. The lowest BCUT2D eigenvalue weighted by molar-refractivity contribution is 0.280. The number of hydrogen-bond donors (Lipinski definition) is 1. The quantitative estimate of drug-likeness (QED) is 0.725. The Morgan fingerprint density at radius 2 is 1.67 bits per heavy atom. The Balaban J connectivity index is 5.32. The maximum absolute atomic E-state index is 12.2. The highest BCUT2D eigenvalue weighted by atomic mass is 31.2. The maximum atomic E-state index is 12.2. The minimum Gasteiger partial charge on any atom is -0.367 e. The monoisotopic (exact) mass is 278 g/mol. The van der Waals surface area contributed by atoms with Crippen molar-refractivity contribution in [2.75, 3.05) is 27.3 Å². The van der Waals surface area contributed by atoms with Gasteiger partial charge in [0.15, 0.2) is 0 Å². The van der Waals surface area contributed by atoms with E-state index in [1.54, 1.807) is 5.82 Å². The van der Waals surface area contributed by atoms with E-state index in [1.807, 2.05) is 13.8 Å². The average Bonchev–Trinajstić information content (AvgIpc) is 2.28. The molecule has 0 aromatic carbocycles. The molecule has 18 heavy (non-hydrogen) atoms. The lowest BCUT2D eigenvalue weighted by Crippen LogP contribution is -2.42. The zero-order valence-corrected chi connectivity index (χ0v) is 13.5. The summed E-state index contributed by atoms with van der Waals surface area (Å²) in [5, 5.41) is 3.34. The molecule has 0 heterocycles. The van der Waals surface area contributed by atoms with Gasteiger partial charge in [0.05, 0.1) is 5.82 Å². The van der Waals surface area contributed by atoms with E-state index in [1.165, 1.54) is 14.2 Å². The van der Waals surface area contributed by atoms with Gasteiger partial charge in [-0.2, -0.15) is 0 Å². The maximum Gasteiger partial charge on any atom is 0.357 e. The predicted octanol–water partition coefficient (Wildman–Crippen LogP) is 3.00. The molecule has 0 fully saturated rings. The molecule has 0 spiro atoms. The molecular weight excluding hydrogens is 251 g/mol. The van der Waals surface area contributed by atoms with Crippen LogP contribution in [-0.4, -0.2) is 37.7 Å². The highest BCUT2D eigenvalue weighted by Crippen LogP contribution is 2.49. The average molecular weight is 278 g/mol. The SMILES string of the molecule is CCN(CC)C(=CP(=O)(OC)OC)NC(C)(C)C. The van der Waals surface area contributed by atoms with Gasteiger partial charge < -0.3 is 19.3 Å². The first kappa shape index (κ1) is 17.5. The molecule has 0 aliphatic carbocycles. The highest BCUT2D eigenvalue weighted by Gasteiger charge is 2.23. The van der Waals surface area contributed by atoms with E-state index < -0.39 is 7.60 Å². The summed E-state index contributed by atoms with van der Waals surface area (Å²) < 4.78 is 22.1. The van der Waals surface area contributed by atoms with Gasteiger partial charge in [-0.3, -0.25) is 4.57 Å². The number of nitrogens with zero attached hydrogens (tertiary/aromatic N) is 1. The van der Waals surface area contributed by atoms with E-state index in [9.17, 15) is 4.57 Å². The van der Waals surface area contributed by atoms with Gasteiger partial charge in [0.1, 0.15) is 5.82 Å². The fourth-order valence-corrected chi connectivity index (χ4v) is 2.36. The fraction of sp³-hybridized carbons (Fsp3) is 0.833. The number of rotatable bonds is 7. The van der Waals surface area contributed by atoms with Crippen LogP contribution in [0, 0.1) is 0 Å². The van der Waals surface area contributed by atoms with Crippen LogP contribution in [0.5, 0.6) is 0 Å². The van der Waals surface area contributed by atoms with Crippen LogP contribution in [-0.2, 0) is 13.6 Å². The molecule has 0 aromatic rings. The Labute approximate surface area is 111 Å². The van der Waals surface area contributed by atoms with Crippen molar-refractivity contribution < 1.29 is 13.6 Å². The van der Waals surface area contributed by atoms with Crippen LogP contribution in [0.15, 0.2) is 11.6 Å². The van der Waals surface area contributed by atoms with Crippen molar-refractivity contribution in [1.29, 1.82) is 0 Å². The molecule has 0 atom stereocenters. The van der Waals surface area contributed by atoms with Crippen LogP contribution < -0.4 is 5.32 Å². The molecule has 0 saturated heterocycles. The molecule has 0 rings (SSSR count). The number of hydrogen-bond acceptors (Lipinski definition) is 5. The summed E-state index contributed by atoms with van der Waals surface area (Å²) in [6.07, 6.45) is 0. The molecule has 0 saturated carbocycles. The third-order valence-electron chi connectivity index (χ3n) is 2.40. The molecule has 0 aliphatic heterocycles. The summed E-state index contributed by atoms with van der Waals surface area (Å²) in [6.45, 7) is 11.9. The first-order valence-electron chi connectivity index (χ1n) is 6.18. The van der Waals surface area contributed by atoms with Crippen molar-refractivity contribution in [3.8, 4) is 0 Å². The van der Waals surface area contributed by atoms with Gasteiger partial charge in [-0.1, -0.05) is 0 Å². The van der Waals surface area contributed by atoms with Gasteiger partial charge in [0.25, 0.3) is 0 Å². The summed E-state index contributed by atoms with van der Waals surface area (Å²) in [5.74, 6) is 2.32. The van der Waals surface area contributed by atoms with Gasteiger partial charge in [-0.25, -0.2) is 0 Å². The lowest BCUT2D eigenvalue weighted by atomic mass is 10.1. The summed E-state index contributed by atoms with van der Waals surface area (Å²) in [5.41, 5.74) is -0.124. The third kappa shape index (κ3) is 5.89. The van der Waals surface area contributed by atoms with Crippen LogP contribution >= 0.6 is 7.60 Å². The van der Waals surface area contributed by atoms with Crippen LogP contribution in [0.1, 0.15) is 34.6 Å². The van der Waals surface area contributed by atoms with Crippen molar-refractivity contribution in [3.63, 3.8) is 0 Å². The van der Waals surface area contributed by atoms with Crippen molar-refractivity contribution in [3.05, 3.63) is 11.6 Å². The summed E-state index contributed by atoms with van der Waals surface area (Å²) in [6, 6.07) is 0. The molecular formula is C12H27N2O3P. The van der Waals surface area contributed by atoms with Crippen molar-refractivity contribution in [2.24, 2.45) is 0 Å². The second-order valence-electron chi connectivity index (χ2n) is 4.97. The van der Waals surface area contributed by atoms with Crippen LogP contribution in [0.4, 0.5) is 0 Å². The number of nitrogens with one attached hydrogen (secondary N) is 1. The van der Waals surface area contributed by atoms with Crippen LogP contribution in [0.3, 0.4) is 0 Å². The standard InChI is InChI=1S/C12H27N2O3P/c1-8-14(9-2)11(13-12(3,4)5)10-18(15,16-6)17-7/h10,13H,8-9H2,1-7H3. The van der Waals surface area contributed by atoms with Crippen LogP contribution in [0.25, 0.3) is 0 Å². The van der Waals surface area contributed by atoms with E-state index in [2.05, 4.69) is 31.0 Å². The van der Waals surface area contributed by atoms with E-state index in [0.717, 1.165) is 18.9 Å². The summed E-state index contributed by atoms with van der Waals surface area (Å²) in [7, 11) is -0.397. The Hall–Kier alpha value is -0.510. The Kier molecular flexibility index (Phi) is 6.97. The summed E-state index contributed by atoms with van der Waals surface area (Å²) in [4.78, 5) is 2.08. The topological polar surface area (TPSA) is 50.8 Å². The zero-order valence-electron chi connectivity index (χ0n) is 12.6. The van der Waals surface area contributed by atoms with Gasteiger partial charge >= 0.3 is 7.60 Å². The molecule has 5 nitrogen and oxygen atoms in total. The van der Waals surface area contributed by atoms with E-state index in [0.29, 0.717) is 0 Å². The van der Waals surface area contributed by atoms with Crippen LogP contribution in [0.2, 0.25) is 0 Å². The van der Waals surface area contributed by atoms with Gasteiger partial charge in [-0.05, 0) is 34.6 Å². The Morgan fingerprint density at radius 3 is 1.94 bits per heavy atom. The smallest absolute Gasteiger partial charge is 0.357 e. The first-order chi connectivity index (χ1) is 8.21. The van der Waals surface area contributed by atoms with E-state index in [4.69, 9.17) is 9.05 Å². The molecule has 108 valence electrons. The van der Waals surface area contributed by atoms with Gasteiger partial charge in [0.2, 0.25) is 0 Å². The second-order valence-corrected chi connectivity index (χ2v) is 7.03. The molecule has 0 amide bonds. The lowest BCUT2D eigenvalue weighted by Gasteiger charge is -2.32. The summed E-state index contributed by atoms with van der Waals surface area (Å²) >= 11 is 0. The predicted molar refractivity (Wildman–Crippen MR) is 75.5 cm³/mol. The van der Waals surface area contributed by atoms with Crippen molar-refractivity contribution in [1.82, 2.24) is 10.2 Å². The normalized spacial score (nSPS) is 13.6. The fourth-order valence-electron chi connectivity index (χ4n) is 1.47. The molecule has 1 N–H and O–H groups in total. The Bertz CT molecular complexity index is 312. The zero-order chi connectivity index (χ0) is 14.4. The minimum absolute atomic E-state index is 0.124. The first-order valence-corrected chi connectivity index (χ1v) is 7.79. The van der Waals surface area contributed by atoms with E-state index in [-0.39, 0.29) is 5.54 Å². The minimum atomic E-state index is -3.17. The van der Waals surface area contributed by atoms with Crippen molar-refractivity contribution >= 4 is 7.60 Å². The second kappa shape index (κ2) is 7.17. The van der Waals surface area contributed by atoms with Gasteiger partial charge in [0, 0.05) is 32.8 Å². The van der Waals surface area contributed by atoms with E-state index >= 15 is 0 Å². The molecule has 0 aliphatic rings. The molecule has 0 bridgehead atoms. The third-order valence-corrected chi connectivity index (χ3v) is 3.98. The highest BCUT2D eigenvalue weighted by molar-refractivity contribution is 7.57.